The Kier molecular flexibility index (Phi) is 4.46. The molecule has 2 aliphatic heterocycles. The van der Waals surface area contributed by atoms with Gasteiger partial charge in [-0.2, -0.15) is 4.98 Å². The molecular weight excluding hydrogens is 337 g/mol. The molecule has 138 valence electrons. The Morgan fingerprint density at radius 2 is 2.23 bits per heavy atom. The van der Waals surface area contributed by atoms with E-state index in [9.17, 15) is 9.18 Å². The van der Waals surface area contributed by atoms with Crippen LogP contribution in [0.3, 0.4) is 0 Å². The fourth-order valence-corrected chi connectivity index (χ4v) is 3.58. The van der Waals surface area contributed by atoms with Gasteiger partial charge in [-0.05, 0) is 31.7 Å². The molecule has 0 spiro atoms. The zero-order chi connectivity index (χ0) is 18.3. The number of amides is 1. The van der Waals surface area contributed by atoms with Crippen LogP contribution in [0.2, 0.25) is 0 Å². The minimum absolute atomic E-state index is 0.0593. The van der Waals surface area contributed by atoms with Crippen LogP contribution in [0.15, 0.2) is 22.7 Å². The number of likely N-dealkylation sites (N-methyl/N-ethyl adjacent to an activating group) is 1. The Balaban J connectivity index is 1.52. The minimum Gasteiger partial charge on any atom is -0.339 e. The molecule has 4 rings (SSSR count). The van der Waals surface area contributed by atoms with Gasteiger partial charge in [-0.15, -0.1) is 0 Å². The van der Waals surface area contributed by atoms with Crippen molar-refractivity contribution in [3.05, 3.63) is 41.3 Å². The molecule has 3 heterocycles. The van der Waals surface area contributed by atoms with Crippen molar-refractivity contribution in [3.63, 3.8) is 0 Å². The first-order valence-electron chi connectivity index (χ1n) is 8.84. The van der Waals surface area contributed by atoms with Crippen LogP contribution >= 0.6 is 0 Å². The lowest BCUT2D eigenvalue weighted by Crippen LogP contribution is -2.44. The highest BCUT2D eigenvalue weighted by molar-refractivity contribution is 5.96. The quantitative estimate of drug-likeness (QED) is 0.898. The van der Waals surface area contributed by atoms with Crippen LogP contribution in [0.1, 0.15) is 35.7 Å². The molecule has 2 aliphatic rings. The van der Waals surface area contributed by atoms with Gasteiger partial charge in [0.2, 0.25) is 11.8 Å². The van der Waals surface area contributed by atoms with E-state index in [4.69, 9.17) is 4.52 Å². The van der Waals surface area contributed by atoms with Crippen molar-refractivity contribution in [2.45, 2.75) is 25.3 Å². The van der Waals surface area contributed by atoms with Crippen molar-refractivity contribution in [2.75, 3.05) is 38.1 Å². The number of piperazine rings is 1. The molecule has 26 heavy (non-hydrogen) atoms. The maximum atomic E-state index is 14.2. The Morgan fingerprint density at radius 1 is 1.38 bits per heavy atom. The highest BCUT2D eigenvalue weighted by Crippen LogP contribution is 2.33. The molecular formula is C18H22FN5O2. The van der Waals surface area contributed by atoms with Crippen molar-refractivity contribution in [2.24, 2.45) is 0 Å². The van der Waals surface area contributed by atoms with Gasteiger partial charge in [0.15, 0.2) is 5.82 Å². The number of hydrogen-bond acceptors (Lipinski definition) is 6. The molecule has 2 saturated heterocycles. The van der Waals surface area contributed by atoms with Crippen molar-refractivity contribution in [3.8, 4) is 0 Å². The third-order valence-electron chi connectivity index (χ3n) is 5.13. The van der Waals surface area contributed by atoms with Crippen molar-refractivity contribution in [1.29, 1.82) is 0 Å². The second-order valence-electron chi connectivity index (χ2n) is 7.05. The Bertz CT molecular complexity index is 824. The van der Waals surface area contributed by atoms with Gasteiger partial charge in [-0.1, -0.05) is 11.2 Å². The number of hydrogen-bond donors (Lipinski definition) is 1. The summed E-state index contributed by atoms with van der Waals surface area (Å²) in [5.74, 6) is 0.338. The number of aryl methyl sites for hydroxylation is 1. The van der Waals surface area contributed by atoms with E-state index in [1.165, 1.54) is 11.0 Å². The summed E-state index contributed by atoms with van der Waals surface area (Å²) in [6.07, 6.45) is 0.244. The van der Waals surface area contributed by atoms with Gasteiger partial charge in [0, 0.05) is 32.6 Å². The smallest absolute Gasteiger partial charge is 0.232 e. The van der Waals surface area contributed by atoms with Crippen LogP contribution in [0, 0.1) is 12.7 Å². The number of anilines is 1. The summed E-state index contributed by atoms with van der Waals surface area (Å²) < 4.78 is 19.7. The van der Waals surface area contributed by atoms with Crippen LogP contribution < -0.4 is 10.2 Å². The number of halogens is 1. The third kappa shape index (κ3) is 3.10. The predicted octanol–water partition coefficient (Wildman–Crippen LogP) is 1.61. The summed E-state index contributed by atoms with van der Waals surface area (Å²) in [5.41, 5.74) is 1.13. The number of carbonyl (C=O) groups is 1. The maximum Gasteiger partial charge on any atom is 0.232 e. The van der Waals surface area contributed by atoms with Crippen LogP contribution in [0.25, 0.3) is 0 Å². The number of carbonyl (C=O) groups excluding carboxylic acids is 1. The molecule has 1 amide bonds. The van der Waals surface area contributed by atoms with Crippen LogP contribution in [-0.2, 0) is 4.79 Å². The molecule has 8 heteroatoms. The molecule has 2 atom stereocenters. The fourth-order valence-electron chi connectivity index (χ4n) is 3.58. The molecule has 1 N–H and O–H groups in total. The monoisotopic (exact) mass is 359 g/mol. The summed E-state index contributed by atoms with van der Waals surface area (Å²) in [5, 5.41) is 7.44. The molecule has 7 nitrogen and oxygen atoms in total. The van der Waals surface area contributed by atoms with Crippen molar-refractivity contribution in [1.82, 2.24) is 20.4 Å². The van der Waals surface area contributed by atoms with Gasteiger partial charge in [-0.25, -0.2) is 4.39 Å². The first-order valence-corrected chi connectivity index (χ1v) is 8.84. The van der Waals surface area contributed by atoms with Crippen LogP contribution in [0.5, 0.6) is 0 Å². The van der Waals surface area contributed by atoms with Gasteiger partial charge >= 0.3 is 0 Å². The topological polar surface area (TPSA) is 74.5 Å². The summed E-state index contributed by atoms with van der Waals surface area (Å²) in [4.78, 5) is 20.6. The van der Waals surface area contributed by atoms with Crippen LogP contribution in [0.4, 0.5) is 10.1 Å². The molecule has 2 aromatic rings. The van der Waals surface area contributed by atoms with Gasteiger partial charge in [0.1, 0.15) is 5.82 Å². The van der Waals surface area contributed by atoms with E-state index in [1.807, 2.05) is 14.0 Å². The number of benzene rings is 1. The van der Waals surface area contributed by atoms with E-state index >= 15 is 0 Å². The molecule has 2 fully saturated rings. The van der Waals surface area contributed by atoms with Gasteiger partial charge in [0.25, 0.3) is 0 Å². The highest BCUT2D eigenvalue weighted by atomic mass is 19.1. The molecule has 0 saturated carbocycles. The normalized spacial score (nSPS) is 24.4. The second-order valence-corrected chi connectivity index (χ2v) is 7.05. The lowest BCUT2D eigenvalue weighted by molar-refractivity contribution is -0.117. The van der Waals surface area contributed by atoms with Crippen molar-refractivity contribution >= 4 is 11.6 Å². The molecule has 0 bridgehead atoms. The zero-order valence-corrected chi connectivity index (χ0v) is 14.9. The van der Waals surface area contributed by atoms with E-state index in [-0.39, 0.29) is 30.1 Å². The lowest BCUT2D eigenvalue weighted by Gasteiger charge is -2.30. The van der Waals surface area contributed by atoms with E-state index in [0.29, 0.717) is 23.9 Å². The summed E-state index contributed by atoms with van der Waals surface area (Å²) in [7, 11) is 2.03. The molecule has 2 unspecified atom stereocenters. The number of nitrogens with zero attached hydrogens (tertiary/aromatic N) is 4. The highest BCUT2D eigenvalue weighted by Gasteiger charge is 2.37. The molecule has 1 aromatic carbocycles. The van der Waals surface area contributed by atoms with Gasteiger partial charge < -0.3 is 14.7 Å². The Morgan fingerprint density at radius 3 is 3.00 bits per heavy atom. The van der Waals surface area contributed by atoms with Gasteiger partial charge in [-0.3, -0.25) is 9.69 Å². The Labute approximate surface area is 151 Å². The number of aromatic nitrogens is 2. The maximum absolute atomic E-state index is 14.2. The Hall–Kier alpha value is -2.32. The summed E-state index contributed by atoms with van der Waals surface area (Å²) >= 11 is 0. The van der Waals surface area contributed by atoms with Crippen molar-refractivity contribution < 1.29 is 13.7 Å². The molecule has 0 aliphatic carbocycles. The number of nitrogens with one attached hydrogen (secondary N) is 1. The first-order chi connectivity index (χ1) is 12.5. The largest absolute Gasteiger partial charge is 0.339 e. The average Bonchev–Trinajstić information content (AvgIpc) is 3.22. The van der Waals surface area contributed by atoms with E-state index in [0.717, 1.165) is 25.2 Å². The van der Waals surface area contributed by atoms with Crippen LogP contribution in [-0.4, -0.2) is 54.2 Å². The number of rotatable bonds is 3. The molecule has 0 radical (unpaired) electrons. The second kappa shape index (κ2) is 6.77. The van der Waals surface area contributed by atoms with Gasteiger partial charge in [0.05, 0.1) is 17.6 Å². The SMILES string of the molecule is Cc1ccc(N2CC(c3nc(C4CNCCN4C)no3)CC2=O)c(F)c1. The first kappa shape index (κ1) is 17.1. The fraction of sp³-hybridized carbons (Fsp3) is 0.500. The lowest BCUT2D eigenvalue weighted by atomic mass is 10.1. The third-order valence-corrected chi connectivity index (χ3v) is 5.13. The summed E-state index contributed by atoms with van der Waals surface area (Å²) in [6, 6.07) is 4.94. The summed E-state index contributed by atoms with van der Waals surface area (Å²) in [6.45, 7) is 4.78. The van der Waals surface area contributed by atoms with E-state index in [2.05, 4.69) is 20.4 Å². The standard InChI is InChI=1S/C18H22FN5O2/c1-11-3-4-14(13(19)7-11)24-10-12(8-16(24)25)18-21-17(22-26-18)15-9-20-5-6-23(15)2/h3-4,7,12,15,20H,5-6,8-10H2,1-2H3. The minimum atomic E-state index is -0.389. The van der Waals surface area contributed by atoms with E-state index in [1.54, 1.807) is 12.1 Å². The molecule has 1 aromatic heterocycles. The predicted molar refractivity (Wildman–Crippen MR) is 93.4 cm³/mol. The zero-order valence-electron chi connectivity index (χ0n) is 14.9. The average molecular weight is 359 g/mol. The van der Waals surface area contributed by atoms with E-state index < -0.39 is 0 Å².